The van der Waals surface area contributed by atoms with Gasteiger partial charge in [0.05, 0.1) is 5.69 Å². The van der Waals surface area contributed by atoms with E-state index in [1.807, 2.05) is 26.0 Å². The standard InChI is InChI=1S/C19H20N4O3S/c1-11-10-14(13(3)27-11)15(24)7-8-17(25)21-22-19(26)18-12(2)20-16-6-4-5-9-23(16)18/h4-6,9-10H,7-8H2,1-3H3,(H,21,25)(H,22,26). The predicted octanol–water partition coefficient (Wildman–Crippen LogP) is 2.75. The number of fused-ring (bicyclic) bond motifs is 1. The van der Waals surface area contributed by atoms with Crippen molar-refractivity contribution >= 4 is 34.6 Å². The van der Waals surface area contributed by atoms with E-state index in [4.69, 9.17) is 0 Å². The summed E-state index contributed by atoms with van der Waals surface area (Å²) in [5, 5.41) is 0. The molecule has 0 radical (unpaired) electrons. The van der Waals surface area contributed by atoms with Gasteiger partial charge < -0.3 is 0 Å². The van der Waals surface area contributed by atoms with E-state index >= 15 is 0 Å². The quantitative estimate of drug-likeness (QED) is 0.523. The number of hydrogen-bond donors (Lipinski definition) is 2. The summed E-state index contributed by atoms with van der Waals surface area (Å²) in [7, 11) is 0. The van der Waals surface area contributed by atoms with Crippen LogP contribution in [0.5, 0.6) is 0 Å². The number of Topliss-reactive ketones (excluding diaryl/α,β-unsaturated/α-hetero) is 1. The number of ketones is 1. The van der Waals surface area contributed by atoms with Gasteiger partial charge in [-0.15, -0.1) is 11.3 Å². The molecule has 0 aliphatic rings. The number of rotatable bonds is 5. The predicted molar refractivity (Wildman–Crippen MR) is 103 cm³/mol. The Hall–Kier alpha value is -3.00. The summed E-state index contributed by atoms with van der Waals surface area (Å²) in [6.45, 7) is 5.57. The molecular weight excluding hydrogens is 364 g/mol. The van der Waals surface area contributed by atoms with Crippen LogP contribution in [0.3, 0.4) is 0 Å². The van der Waals surface area contributed by atoms with E-state index in [1.54, 1.807) is 41.0 Å². The lowest BCUT2D eigenvalue weighted by Gasteiger charge is -2.08. The summed E-state index contributed by atoms with van der Waals surface area (Å²) in [6, 6.07) is 7.26. The number of carbonyl (C=O) groups is 3. The molecule has 0 spiro atoms. The number of hydrazine groups is 1. The van der Waals surface area contributed by atoms with Crippen molar-refractivity contribution in [3.63, 3.8) is 0 Å². The molecule has 3 rings (SSSR count). The lowest BCUT2D eigenvalue weighted by molar-refractivity contribution is -0.121. The zero-order valence-corrected chi connectivity index (χ0v) is 16.1. The monoisotopic (exact) mass is 384 g/mol. The lowest BCUT2D eigenvalue weighted by atomic mass is 10.1. The third-order valence-electron chi connectivity index (χ3n) is 4.16. The zero-order valence-electron chi connectivity index (χ0n) is 15.3. The highest BCUT2D eigenvalue weighted by atomic mass is 32.1. The van der Waals surface area contributed by atoms with Crippen molar-refractivity contribution in [2.75, 3.05) is 0 Å². The molecule has 8 heteroatoms. The highest BCUT2D eigenvalue weighted by Gasteiger charge is 2.18. The molecule has 3 heterocycles. The maximum atomic E-state index is 12.4. The van der Waals surface area contributed by atoms with Crippen LogP contribution in [-0.4, -0.2) is 27.0 Å². The van der Waals surface area contributed by atoms with Crippen LogP contribution in [0.1, 0.15) is 49.1 Å². The summed E-state index contributed by atoms with van der Waals surface area (Å²) >= 11 is 1.56. The number of thiophene rings is 1. The number of hydrogen-bond acceptors (Lipinski definition) is 5. The zero-order chi connectivity index (χ0) is 19.6. The third kappa shape index (κ3) is 4.06. The van der Waals surface area contributed by atoms with Crippen molar-refractivity contribution in [1.29, 1.82) is 0 Å². The number of amides is 2. The summed E-state index contributed by atoms with van der Waals surface area (Å²) in [6.07, 6.45) is 1.82. The Morgan fingerprint density at radius 1 is 1.11 bits per heavy atom. The van der Waals surface area contributed by atoms with Gasteiger partial charge in [0, 0.05) is 34.4 Å². The molecule has 2 amide bonds. The molecule has 0 bridgehead atoms. The molecule has 140 valence electrons. The number of nitrogens with zero attached hydrogens (tertiary/aromatic N) is 2. The maximum absolute atomic E-state index is 12.4. The van der Waals surface area contributed by atoms with Crippen molar-refractivity contribution in [2.45, 2.75) is 33.6 Å². The molecule has 27 heavy (non-hydrogen) atoms. The second kappa shape index (κ2) is 7.71. The summed E-state index contributed by atoms with van der Waals surface area (Å²) in [5.74, 6) is -0.959. The highest BCUT2D eigenvalue weighted by Crippen LogP contribution is 2.22. The number of aryl methyl sites for hydroxylation is 3. The number of carbonyl (C=O) groups excluding carboxylic acids is 3. The van der Waals surface area contributed by atoms with Crippen LogP contribution in [0, 0.1) is 20.8 Å². The van der Waals surface area contributed by atoms with Crippen LogP contribution >= 0.6 is 11.3 Å². The average Bonchev–Trinajstić information content (AvgIpc) is 3.15. The van der Waals surface area contributed by atoms with Gasteiger partial charge in [-0.3, -0.25) is 29.6 Å². The molecule has 7 nitrogen and oxygen atoms in total. The summed E-state index contributed by atoms with van der Waals surface area (Å²) in [4.78, 5) is 42.9. The van der Waals surface area contributed by atoms with Gasteiger partial charge in [-0.2, -0.15) is 0 Å². The third-order valence-corrected chi connectivity index (χ3v) is 5.12. The van der Waals surface area contributed by atoms with Crippen molar-refractivity contribution in [3.8, 4) is 0 Å². The van der Waals surface area contributed by atoms with Gasteiger partial charge in [-0.1, -0.05) is 6.07 Å². The Kier molecular flexibility index (Phi) is 5.36. The number of pyridine rings is 1. The van der Waals surface area contributed by atoms with Gasteiger partial charge in [0.15, 0.2) is 5.78 Å². The molecule has 0 aromatic carbocycles. The van der Waals surface area contributed by atoms with E-state index in [1.165, 1.54) is 0 Å². The van der Waals surface area contributed by atoms with Gasteiger partial charge in [0.1, 0.15) is 11.3 Å². The molecule has 0 aliphatic heterocycles. The minimum Gasteiger partial charge on any atom is -0.295 e. The SMILES string of the molecule is Cc1cc(C(=O)CCC(=O)NNC(=O)c2c(C)nc3ccccn23)c(C)s1. The van der Waals surface area contributed by atoms with E-state index in [-0.39, 0.29) is 18.6 Å². The molecule has 0 saturated heterocycles. The van der Waals surface area contributed by atoms with Gasteiger partial charge in [-0.05, 0) is 39.0 Å². The second-order valence-electron chi connectivity index (χ2n) is 6.23. The van der Waals surface area contributed by atoms with Crippen LogP contribution in [0.4, 0.5) is 0 Å². The molecule has 3 aromatic heterocycles. The van der Waals surface area contributed by atoms with Crippen molar-refractivity contribution in [2.24, 2.45) is 0 Å². The largest absolute Gasteiger partial charge is 0.295 e. The summed E-state index contributed by atoms with van der Waals surface area (Å²) in [5.41, 5.74) is 6.98. The number of nitrogens with one attached hydrogen (secondary N) is 2. The van der Waals surface area contributed by atoms with Crippen LogP contribution in [0.2, 0.25) is 0 Å². The molecular formula is C19H20N4O3S. The first-order valence-electron chi connectivity index (χ1n) is 8.50. The van der Waals surface area contributed by atoms with Gasteiger partial charge in [0.25, 0.3) is 5.91 Å². The number of aromatic nitrogens is 2. The Morgan fingerprint density at radius 2 is 1.89 bits per heavy atom. The Balaban J connectivity index is 1.56. The Labute approximate surface area is 160 Å². The minimum atomic E-state index is -0.463. The second-order valence-corrected chi connectivity index (χ2v) is 7.69. The first-order chi connectivity index (χ1) is 12.9. The fourth-order valence-electron chi connectivity index (χ4n) is 2.90. The van der Waals surface area contributed by atoms with E-state index < -0.39 is 11.8 Å². The van der Waals surface area contributed by atoms with Gasteiger partial charge in [0.2, 0.25) is 5.91 Å². The van der Waals surface area contributed by atoms with Crippen molar-refractivity contribution in [3.05, 3.63) is 57.2 Å². The number of imidazole rings is 1. The topological polar surface area (TPSA) is 92.6 Å². The molecule has 0 fully saturated rings. The molecule has 0 saturated carbocycles. The average molecular weight is 384 g/mol. The van der Waals surface area contributed by atoms with Crippen LogP contribution in [0.25, 0.3) is 5.65 Å². The molecule has 3 aromatic rings. The van der Waals surface area contributed by atoms with E-state index in [9.17, 15) is 14.4 Å². The molecule has 0 aliphatic carbocycles. The molecule has 2 N–H and O–H groups in total. The molecule has 0 unspecified atom stereocenters. The van der Waals surface area contributed by atoms with Crippen molar-refractivity contribution in [1.82, 2.24) is 20.2 Å². The first kappa shape index (κ1) is 18.8. The van der Waals surface area contributed by atoms with Gasteiger partial charge in [-0.25, -0.2) is 4.98 Å². The van der Waals surface area contributed by atoms with E-state index in [0.717, 1.165) is 9.75 Å². The summed E-state index contributed by atoms with van der Waals surface area (Å²) < 4.78 is 1.65. The van der Waals surface area contributed by atoms with Crippen LogP contribution < -0.4 is 10.9 Å². The van der Waals surface area contributed by atoms with Crippen LogP contribution in [-0.2, 0) is 4.79 Å². The van der Waals surface area contributed by atoms with Gasteiger partial charge >= 0.3 is 0 Å². The first-order valence-corrected chi connectivity index (χ1v) is 9.31. The maximum Gasteiger partial charge on any atom is 0.288 e. The van der Waals surface area contributed by atoms with Crippen LogP contribution in [0.15, 0.2) is 30.5 Å². The normalized spacial score (nSPS) is 10.8. The minimum absolute atomic E-state index is 0.000414. The molecule has 0 atom stereocenters. The highest BCUT2D eigenvalue weighted by molar-refractivity contribution is 7.12. The fraction of sp³-hybridized carbons (Fsp3) is 0.263. The van der Waals surface area contributed by atoms with E-state index in [0.29, 0.717) is 22.6 Å². The van der Waals surface area contributed by atoms with Crippen molar-refractivity contribution < 1.29 is 14.4 Å². The van der Waals surface area contributed by atoms with E-state index in [2.05, 4.69) is 15.8 Å². The lowest BCUT2D eigenvalue weighted by Crippen LogP contribution is -2.42. The smallest absolute Gasteiger partial charge is 0.288 e. The Morgan fingerprint density at radius 3 is 2.59 bits per heavy atom. The fourth-order valence-corrected chi connectivity index (χ4v) is 3.85. The Bertz CT molecular complexity index is 1030.